The summed E-state index contributed by atoms with van der Waals surface area (Å²) in [5, 5.41) is 10.8. The minimum absolute atomic E-state index is 0.139. The van der Waals surface area contributed by atoms with Crippen molar-refractivity contribution < 1.29 is 9.32 Å². The average Bonchev–Trinajstić information content (AvgIpc) is 3.22. The van der Waals surface area contributed by atoms with Crippen LogP contribution >= 0.6 is 0 Å². The van der Waals surface area contributed by atoms with E-state index in [2.05, 4.69) is 46.5 Å². The number of hydrogen-bond donors (Lipinski definition) is 1. The zero-order chi connectivity index (χ0) is 17.8. The highest BCUT2D eigenvalue weighted by Crippen LogP contribution is 2.20. The lowest BCUT2D eigenvalue weighted by atomic mass is 10.0. The van der Waals surface area contributed by atoms with Crippen LogP contribution in [0.25, 0.3) is 11.4 Å². The van der Waals surface area contributed by atoms with Crippen LogP contribution in [-0.4, -0.2) is 25.8 Å². The number of carbonyl (C=O) groups excluding carboxylic acids is 1. The minimum Gasteiger partial charge on any atom is -0.339 e. The predicted molar refractivity (Wildman–Crippen MR) is 94.0 cm³/mol. The van der Waals surface area contributed by atoms with E-state index in [1.54, 1.807) is 24.0 Å². The van der Waals surface area contributed by atoms with Crippen LogP contribution in [0.15, 0.2) is 41.1 Å². The maximum absolute atomic E-state index is 11.9. The summed E-state index contributed by atoms with van der Waals surface area (Å²) in [6, 6.07) is 9.84. The molecule has 0 atom stereocenters. The van der Waals surface area contributed by atoms with Crippen molar-refractivity contribution in [1.82, 2.24) is 19.9 Å². The van der Waals surface area contributed by atoms with Gasteiger partial charge in [0.05, 0.1) is 0 Å². The van der Waals surface area contributed by atoms with Crippen LogP contribution in [0, 0.1) is 0 Å². The molecule has 0 bridgehead atoms. The molecule has 130 valence electrons. The SMILES string of the molecule is CC(C)c1ccc(-c2noc(CCC(=O)Nc3ccn(C)n3)n2)cc1. The highest BCUT2D eigenvalue weighted by Gasteiger charge is 2.12. The summed E-state index contributed by atoms with van der Waals surface area (Å²) < 4.78 is 6.87. The summed E-state index contributed by atoms with van der Waals surface area (Å²) in [4.78, 5) is 16.3. The zero-order valence-corrected chi connectivity index (χ0v) is 14.6. The molecule has 25 heavy (non-hydrogen) atoms. The second kappa shape index (κ2) is 7.29. The fourth-order valence-corrected chi connectivity index (χ4v) is 2.40. The number of benzene rings is 1. The van der Waals surface area contributed by atoms with Crippen molar-refractivity contribution in [3.05, 3.63) is 48.0 Å². The van der Waals surface area contributed by atoms with Crippen molar-refractivity contribution >= 4 is 11.7 Å². The van der Waals surface area contributed by atoms with Gasteiger partial charge in [-0.05, 0) is 11.5 Å². The predicted octanol–water partition coefficient (Wildman–Crippen LogP) is 3.16. The summed E-state index contributed by atoms with van der Waals surface area (Å²) in [5.41, 5.74) is 2.16. The first-order valence-corrected chi connectivity index (χ1v) is 8.23. The van der Waals surface area contributed by atoms with E-state index in [1.807, 2.05) is 12.1 Å². The molecule has 2 aromatic heterocycles. The number of nitrogens with zero attached hydrogens (tertiary/aromatic N) is 4. The Labute approximate surface area is 146 Å². The normalized spacial score (nSPS) is 11.0. The van der Waals surface area contributed by atoms with Gasteiger partial charge in [-0.15, -0.1) is 0 Å². The second-order valence-electron chi connectivity index (χ2n) is 6.21. The summed E-state index contributed by atoms with van der Waals surface area (Å²) in [5.74, 6) is 1.85. The molecule has 0 saturated heterocycles. The fourth-order valence-electron chi connectivity index (χ4n) is 2.40. The van der Waals surface area contributed by atoms with E-state index in [1.165, 1.54) is 5.56 Å². The minimum atomic E-state index is -0.139. The molecule has 3 aromatic rings. The van der Waals surface area contributed by atoms with Gasteiger partial charge in [0.1, 0.15) is 0 Å². The Hall–Kier alpha value is -2.96. The highest BCUT2D eigenvalue weighted by atomic mass is 16.5. The van der Waals surface area contributed by atoms with Gasteiger partial charge in [0.2, 0.25) is 17.6 Å². The summed E-state index contributed by atoms with van der Waals surface area (Å²) in [7, 11) is 1.79. The molecule has 2 heterocycles. The lowest BCUT2D eigenvalue weighted by molar-refractivity contribution is -0.116. The Morgan fingerprint density at radius 2 is 2.00 bits per heavy atom. The van der Waals surface area contributed by atoms with Crippen LogP contribution in [0.5, 0.6) is 0 Å². The van der Waals surface area contributed by atoms with Crippen LogP contribution < -0.4 is 5.32 Å². The Bertz CT molecular complexity index is 848. The Morgan fingerprint density at radius 3 is 2.64 bits per heavy atom. The van der Waals surface area contributed by atoms with Crippen molar-refractivity contribution in [2.75, 3.05) is 5.32 Å². The zero-order valence-electron chi connectivity index (χ0n) is 14.6. The van der Waals surface area contributed by atoms with E-state index in [0.29, 0.717) is 29.9 Å². The maximum atomic E-state index is 11.9. The molecule has 7 nitrogen and oxygen atoms in total. The van der Waals surface area contributed by atoms with E-state index < -0.39 is 0 Å². The van der Waals surface area contributed by atoms with Gasteiger partial charge in [-0.25, -0.2) is 0 Å². The number of hydrogen-bond acceptors (Lipinski definition) is 5. The molecule has 0 aliphatic carbocycles. The molecule has 0 spiro atoms. The van der Waals surface area contributed by atoms with Crippen LogP contribution in [0.4, 0.5) is 5.82 Å². The van der Waals surface area contributed by atoms with Crippen molar-refractivity contribution in [3.8, 4) is 11.4 Å². The van der Waals surface area contributed by atoms with E-state index in [4.69, 9.17) is 4.52 Å². The summed E-state index contributed by atoms with van der Waals surface area (Å²) >= 11 is 0. The lowest BCUT2D eigenvalue weighted by Crippen LogP contribution is -2.13. The quantitative estimate of drug-likeness (QED) is 0.745. The standard InChI is InChI=1S/C18H21N5O2/c1-12(2)13-4-6-14(7-5-13)18-20-17(25-22-18)9-8-16(24)19-15-10-11-23(3)21-15/h4-7,10-12H,8-9H2,1-3H3,(H,19,21,24). The first kappa shape index (κ1) is 16.9. The van der Waals surface area contributed by atoms with Crippen LogP contribution in [0.1, 0.15) is 37.6 Å². The third kappa shape index (κ3) is 4.32. The fraction of sp³-hybridized carbons (Fsp3) is 0.333. The van der Waals surface area contributed by atoms with Gasteiger partial charge in [0.15, 0.2) is 5.82 Å². The molecule has 1 N–H and O–H groups in total. The largest absolute Gasteiger partial charge is 0.339 e. The Morgan fingerprint density at radius 1 is 1.24 bits per heavy atom. The molecular weight excluding hydrogens is 318 g/mol. The summed E-state index contributed by atoms with van der Waals surface area (Å²) in [6.45, 7) is 4.30. The van der Waals surface area contributed by atoms with Crippen molar-refractivity contribution in [1.29, 1.82) is 0 Å². The van der Waals surface area contributed by atoms with Gasteiger partial charge in [0.25, 0.3) is 0 Å². The molecule has 7 heteroatoms. The van der Waals surface area contributed by atoms with Gasteiger partial charge in [-0.3, -0.25) is 9.48 Å². The summed E-state index contributed by atoms with van der Waals surface area (Å²) in [6.07, 6.45) is 2.41. The van der Waals surface area contributed by atoms with E-state index in [0.717, 1.165) is 5.56 Å². The number of amides is 1. The first-order chi connectivity index (χ1) is 12.0. The smallest absolute Gasteiger partial charge is 0.227 e. The average molecular weight is 339 g/mol. The Balaban J connectivity index is 1.57. The number of aryl methyl sites for hydroxylation is 2. The van der Waals surface area contributed by atoms with Crippen molar-refractivity contribution in [3.63, 3.8) is 0 Å². The molecular formula is C18H21N5O2. The molecule has 0 radical (unpaired) electrons. The lowest BCUT2D eigenvalue weighted by Gasteiger charge is -2.04. The number of nitrogens with one attached hydrogen (secondary N) is 1. The molecule has 0 saturated carbocycles. The Kier molecular flexibility index (Phi) is 4.92. The molecule has 0 aliphatic heterocycles. The van der Waals surface area contributed by atoms with Crippen LogP contribution in [0.2, 0.25) is 0 Å². The van der Waals surface area contributed by atoms with E-state index in [9.17, 15) is 4.79 Å². The number of carbonyl (C=O) groups is 1. The number of anilines is 1. The molecule has 0 fully saturated rings. The molecule has 0 aliphatic rings. The van der Waals surface area contributed by atoms with Crippen LogP contribution in [-0.2, 0) is 18.3 Å². The topological polar surface area (TPSA) is 85.8 Å². The van der Waals surface area contributed by atoms with Gasteiger partial charge < -0.3 is 9.84 Å². The van der Waals surface area contributed by atoms with E-state index >= 15 is 0 Å². The monoisotopic (exact) mass is 339 g/mol. The van der Waals surface area contributed by atoms with Gasteiger partial charge >= 0.3 is 0 Å². The molecule has 1 aromatic carbocycles. The number of aromatic nitrogens is 4. The van der Waals surface area contributed by atoms with E-state index in [-0.39, 0.29) is 12.3 Å². The van der Waals surface area contributed by atoms with Crippen LogP contribution in [0.3, 0.4) is 0 Å². The van der Waals surface area contributed by atoms with Crippen molar-refractivity contribution in [2.24, 2.45) is 7.05 Å². The molecule has 0 unspecified atom stereocenters. The second-order valence-corrected chi connectivity index (χ2v) is 6.21. The van der Waals surface area contributed by atoms with Gasteiger partial charge in [-0.2, -0.15) is 10.1 Å². The highest BCUT2D eigenvalue weighted by molar-refractivity contribution is 5.89. The van der Waals surface area contributed by atoms with Gasteiger partial charge in [-0.1, -0.05) is 43.3 Å². The third-order valence-electron chi connectivity index (χ3n) is 3.85. The molecule has 1 amide bonds. The third-order valence-corrected chi connectivity index (χ3v) is 3.85. The molecule has 3 rings (SSSR count). The van der Waals surface area contributed by atoms with Crippen molar-refractivity contribution in [2.45, 2.75) is 32.6 Å². The van der Waals surface area contributed by atoms with Gasteiger partial charge in [0, 0.05) is 37.7 Å². The first-order valence-electron chi connectivity index (χ1n) is 8.23. The maximum Gasteiger partial charge on any atom is 0.227 e. The number of rotatable bonds is 6.